The monoisotopic (exact) mass is 981 g/mol. The van der Waals surface area contributed by atoms with Gasteiger partial charge in [-0.25, -0.2) is 9.69 Å². The van der Waals surface area contributed by atoms with E-state index in [1.807, 2.05) is 50.1 Å². The number of imide groups is 1. The number of aromatic amines is 1. The van der Waals surface area contributed by atoms with E-state index in [9.17, 15) is 14.7 Å². The second kappa shape index (κ2) is 17.0. The fourth-order valence-electron chi connectivity index (χ4n) is 14.2. The number of aromatic nitrogens is 1. The maximum absolute atomic E-state index is 15.5. The number of nitrogens with zero attached hydrogens (tertiary/aromatic N) is 4. The van der Waals surface area contributed by atoms with Crippen molar-refractivity contribution in [2.24, 2.45) is 11.3 Å². The van der Waals surface area contributed by atoms with E-state index in [-0.39, 0.29) is 24.4 Å². The Hall–Kier alpha value is -4.76. The van der Waals surface area contributed by atoms with Gasteiger partial charge in [-0.05, 0) is 74.2 Å². The second-order valence-electron chi connectivity index (χ2n) is 19.6. The molecule has 10 rings (SSSR count). The lowest BCUT2D eigenvalue weighted by molar-refractivity contribution is -0.210. The molecule has 3 saturated heterocycles. The Morgan fingerprint density at radius 1 is 1.03 bits per heavy atom. The van der Waals surface area contributed by atoms with Gasteiger partial charge in [-0.1, -0.05) is 44.2 Å². The number of ether oxygens (including phenoxy) is 4. The number of benzene rings is 2. The highest BCUT2D eigenvalue weighted by atomic mass is 35.5. The van der Waals surface area contributed by atoms with Crippen molar-refractivity contribution in [1.29, 1.82) is 0 Å². The minimum absolute atomic E-state index is 0.00340. The predicted octanol–water partition coefficient (Wildman–Crippen LogP) is 4.39. The van der Waals surface area contributed by atoms with E-state index < -0.39 is 73.9 Å². The van der Waals surface area contributed by atoms with Crippen LogP contribution in [0.5, 0.6) is 5.75 Å². The topological polar surface area (TPSA) is 229 Å². The molecule has 6 aliphatic heterocycles. The Labute approximate surface area is 400 Å². The van der Waals surface area contributed by atoms with Gasteiger partial charge < -0.3 is 33.9 Å². The SMILES string of the molecule is CC[C@]1(O)C[C@@H]2CN(CCc3c([nH]c4ccccc34)[C@@](C(=O)OC)(c3cc4c(cc3OC)N(C)[C@H]3[C@]5(OC(=O)N(CCCl)C5=O)[C@H](OC(C)=O)[C@]5(CC)C=CCN6CC[C@]43[C@@H]65)C2)C1.O=S(=O)(O)O. The fraction of sp³-hybridized carbons (Fsp3) is 0.583. The van der Waals surface area contributed by atoms with E-state index in [1.165, 1.54) is 14.0 Å². The van der Waals surface area contributed by atoms with Gasteiger partial charge in [-0.15, -0.1) is 11.6 Å². The third kappa shape index (κ3) is 6.92. The van der Waals surface area contributed by atoms with E-state index in [2.05, 4.69) is 39.1 Å². The number of piperidine rings is 1. The van der Waals surface area contributed by atoms with Gasteiger partial charge >= 0.3 is 28.4 Å². The van der Waals surface area contributed by atoms with Crippen molar-refractivity contribution in [3.8, 4) is 5.75 Å². The van der Waals surface area contributed by atoms with Crippen LogP contribution in [0.4, 0.5) is 10.5 Å². The van der Waals surface area contributed by atoms with Crippen LogP contribution in [0.25, 0.3) is 10.9 Å². The largest absolute Gasteiger partial charge is 0.496 e. The molecule has 18 nitrogen and oxygen atoms in total. The summed E-state index contributed by atoms with van der Waals surface area (Å²) in [4.78, 5) is 69.9. The van der Waals surface area contributed by atoms with Gasteiger partial charge in [0.15, 0.2) is 6.10 Å². The first-order valence-corrected chi connectivity index (χ1v) is 25.2. The van der Waals surface area contributed by atoms with Crippen LogP contribution in [0.3, 0.4) is 0 Å². The number of likely N-dealkylation sites (N-methyl/N-ethyl adjacent to an activating group) is 1. The second-order valence-corrected chi connectivity index (χ2v) is 20.9. The Bertz CT molecular complexity index is 2710. The van der Waals surface area contributed by atoms with E-state index >= 15 is 9.59 Å². The lowest BCUT2D eigenvalue weighted by Gasteiger charge is -2.63. The van der Waals surface area contributed by atoms with Crippen molar-refractivity contribution >= 4 is 62.5 Å². The van der Waals surface area contributed by atoms with Crippen molar-refractivity contribution in [3.63, 3.8) is 0 Å². The summed E-state index contributed by atoms with van der Waals surface area (Å²) in [6.07, 6.45) is 5.22. The molecule has 2 aromatic carbocycles. The van der Waals surface area contributed by atoms with Gasteiger partial charge in [0.2, 0.25) is 0 Å². The van der Waals surface area contributed by atoms with Crippen LogP contribution >= 0.6 is 11.6 Å². The summed E-state index contributed by atoms with van der Waals surface area (Å²) in [6.45, 7) is 8.54. The highest BCUT2D eigenvalue weighted by molar-refractivity contribution is 7.79. The number of alkyl halides is 1. The van der Waals surface area contributed by atoms with Gasteiger partial charge in [0.25, 0.3) is 11.5 Å². The van der Waals surface area contributed by atoms with Gasteiger partial charge in [-0.2, -0.15) is 8.42 Å². The number of rotatable bonds is 8. The van der Waals surface area contributed by atoms with Crippen LogP contribution in [-0.2, 0) is 56.2 Å². The normalized spacial score (nSPS) is 34.7. The summed E-state index contributed by atoms with van der Waals surface area (Å²) in [5.41, 5.74) is -1.32. The highest BCUT2D eigenvalue weighted by Crippen LogP contribution is 2.69. The number of carbonyl (C=O) groups is 4. The third-order valence-corrected chi connectivity index (χ3v) is 16.6. The fourth-order valence-corrected chi connectivity index (χ4v) is 14.4. The summed E-state index contributed by atoms with van der Waals surface area (Å²) in [6, 6.07) is 11.1. The smallest absolute Gasteiger partial charge is 0.417 e. The van der Waals surface area contributed by atoms with Crippen LogP contribution in [0.2, 0.25) is 0 Å². The molecule has 1 aromatic heterocycles. The minimum atomic E-state index is -4.67. The number of nitrogens with one attached hydrogen (secondary N) is 1. The Morgan fingerprint density at radius 2 is 1.76 bits per heavy atom. The number of methoxy groups -OCH3 is 2. The average Bonchev–Trinajstić information content (AvgIpc) is 4.01. The number of hydrogen-bond acceptors (Lipinski definition) is 14. The number of halogens is 1. The van der Waals surface area contributed by atoms with E-state index in [1.54, 1.807) is 7.11 Å². The number of fused-ring (bicyclic) bond motifs is 7. The first-order valence-electron chi connectivity index (χ1n) is 23.2. The minimum Gasteiger partial charge on any atom is -0.496 e. The molecule has 7 heterocycles. The standard InChI is InChI=1S/C48H58ClN5O9.H2O4S/c1-7-44(59)24-29-25-47(42(57)61-6,37-31(14-19-52(26-29)27-44)30-12-9-10-13-34(30)50-37)33-22-32-35(23-36(33)60-5)51(4)39-46(32)16-20-53-18-11-15-45(8-2,38(46)53)40(62-28(3)55)48(39)41(56)54(21-17-49)43(58)63-48;1-5(2,3)4/h9-13,15,22-23,29,38-40,50,59H,7-8,14,16-21,24-27H2,1-6H3;(H2,1,2,3,4)/t29-,38-,39+,40+,44-,45+,46+,47-,48-;/m0./s1. The molecule has 1 unspecified atom stereocenters. The zero-order valence-electron chi connectivity index (χ0n) is 39.1. The number of carbonyl (C=O) groups excluding carboxylic acids is 4. The Morgan fingerprint density at radius 3 is 2.43 bits per heavy atom. The van der Waals surface area contributed by atoms with E-state index in [0.29, 0.717) is 82.6 Å². The Kier molecular flexibility index (Phi) is 12.1. The molecule has 2 spiro atoms. The number of amides is 2. The molecule has 7 aliphatic rings. The molecular formula is C48H60ClN5O13S. The molecule has 20 heteroatoms. The Balaban J connectivity index is 0.00000110. The zero-order chi connectivity index (χ0) is 48.9. The molecule has 1 saturated carbocycles. The summed E-state index contributed by atoms with van der Waals surface area (Å²) < 4.78 is 57.0. The molecule has 4 N–H and O–H groups in total. The molecule has 2 bridgehead atoms. The lowest BCUT2D eigenvalue weighted by Crippen LogP contribution is -2.81. The van der Waals surface area contributed by atoms with Gasteiger partial charge in [-0.3, -0.25) is 33.3 Å². The van der Waals surface area contributed by atoms with Crippen molar-refractivity contribution in [1.82, 2.24) is 19.7 Å². The van der Waals surface area contributed by atoms with Crippen LogP contribution in [0, 0.1) is 11.3 Å². The van der Waals surface area contributed by atoms with Gasteiger partial charge in [0.05, 0.1) is 25.9 Å². The number of hydrogen-bond donors (Lipinski definition) is 4. The lowest BCUT2D eigenvalue weighted by atomic mass is 9.47. The summed E-state index contributed by atoms with van der Waals surface area (Å²) in [7, 11) is 0.276. The number of para-hydroxylation sites is 1. The molecule has 0 radical (unpaired) electrons. The predicted molar refractivity (Wildman–Crippen MR) is 249 cm³/mol. The van der Waals surface area contributed by atoms with Crippen LogP contribution in [0.1, 0.15) is 75.3 Å². The molecule has 368 valence electrons. The van der Waals surface area contributed by atoms with Crippen molar-refractivity contribution in [2.45, 2.75) is 99.5 Å². The number of esters is 2. The van der Waals surface area contributed by atoms with Crippen molar-refractivity contribution in [3.05, 3.63) is 70.9 Å². The molecule has 68 heavy (non-hydrogen) atoms. The van der Waals surface area contributed by atoms with Gasteiger partial charge in [0, 0.05) is 103 Å². The molecule has 4 fully saturated rings. The van der Waals surface area contributed by atoms with Crippen molar-refractivity contribution < 1.29 is 60.8 Å². The summed E-state index contributed by atoms with van der Waals surface area (Å²) in [5, 5.41) is 13.1. The van der Waals surface area contributed by atoms with Crippen LogP contribution in [0.15, 0.2) is 48.6 Å². The third-order valence-electron chi connectivity index (χ3n) is 16.4. The average molecular weight is 983 g/mol. The number of H-pyrrole nitrogens is 1. The van der Waals surface area contributed by atoms with E-state index in [4.69, 9.17) is 48.1 Å². The molecular weight excluding hydrogens is 922 g/mol. The molecule has 10 atom stereocenters. The van der Waals surface area contributed by atoms with Crippen molar-refractivity contribution in [2.75, 3.05) is 71.3 Å². The van der Waals surface area contributed by atoms with Gasteiger partial charge in [0.1, 0.15) is 11.2 Å². The van der Waals surface area contributed by atoms with Crippen LogP contribution < -0.4 is 9.64 Å². The maximum Gasteiger partial charge on any atom is 0.417 e. The maximum atomic E-state index is 15.5. The number of anilines is 1. The molecule has 3 aromatic rings. The van der Waals surface area contributed by atoms with Crippen LogP contribution in [-0.4, -0.2) is 162 Å². The quantitative estimate of drug-likeness (QED) is 0.0807. The highest BCUT2D eigenvalue weighted by Gasteiger charge is 2.84. The van der Waals surface area contributed by atoms with E-state index in [0.717, 1.165) is 38.3 Å². The first-order chi connectivity index (χ1) is 32.2. The number of aliphatic hydroxyl groups is 1. The molecule has 2 amide bonds. The molecule has 1 aliphatic carbocycles. The zero-order valence-corrected chi connectivity index (χ0v) is 40.7. The summed E-state index contributed by atoms with van der Waals surface area (Å²) >= 11 is 6.24. The summed E-state index contributed by atoms with van der Waals surface area (Å²) in [5.74, 6) is -1.29. The first kappa shape index (κ1) is 48.3.